The first-order chi connectivity index (χ1) is 15.4. The fraction of sp³-hybridized carbons (Fsp3) is 0.167. The lowest BCUT2D eigenvalue weighted by Crippen LogP contribution is -2.37. The minimum absolute atomic E-state index is 0.0752. The van der Waals surface area contributed by atoms with Crippen LogP contribution in [0.1, 0.15) is 44.9 Å². The average Bonchev–Trinajstić information content (AvgIpc) is 2.92. The minimum Gasteiger partial charge on any atom is -0.465 e. The number of benzene rings is 2. The van der Waals surface area contributed by atoms with Gasteiger partial charge in [0.2, 0.25) is 0 Å². The Morgan fingerprint density at radius 3 is 2.62 bits per heavy atom. The molecule has 1 N–H and O–H groups in total. The van der Waals surface area contributed by atoms with Crippen molar-refractivity contribution in [2.75, 3.05) is 17.3 Å². The molecule has 0 atom stereocenters. The molecule has 7 nitrogen and oxygen atoms in total. The summed E-state index contributed by atoms with van der Waals surface area (Å²) in [5.74, 6) is -0.929. The fourth-order valence-electron chi connectivity index (χ4n) is 3.47. The van der Waals surface area contributed by atoms with Crippen molar-refractivity contribution >= 4 is 40.9 Å². The maximum absolute atomic E-state index is 13.2. The van der Waals surface area contributed by atoms with Crippen LogP contribution < -0.4 is 10.2 Å². The zero-order valence-corrected chi connectivity index (χ0v) is 18.6. The molecule has 0 unspecified atom stereocenters. The van der Waals surface area contributed by atoms with Crippen molar-refractivity contribution < 1.29 is 19.1 Å². The number of nitrogens with one attached hydrogen (secondary N) is 1. The molecule has 0 saturated heterocycles. The van der Waals surface area contributed by atoms with E-state index in [9.17, 15) is 14.4 Å². The summed E-state index contributed by atoms with van der Waals surface area (Å²) in [7, 11) is 1.30. The first kappa shape index (κ1) is 21.6. The lowest BCUT2D eigenvalue weighted by Gasteiger charge is -2.27. The van der Waals surface area contributed by atoms with Crippen LogP contribution >= 0.6 is 11.8 Å². The highest BCUT2D eigenvalue weighted by Gasteiger charge is 2.30. The van der Waals surface area contributed by atoms with Gasteiger partial charge in [-0.2, -0.15) is 0 Å². The van der Waals surface area contributed by atoms with Crippen molar-refractivity contribution in [2.45, 2.75) is 29.8 Å². The van der Waals surface area contributed by atoms with Crippen LogP contribution in [0.25, 0.3) is 0 Å². The van der Waals surface area contributed by atoms with Crippen molar-refractivity contribution in [3.8, 4) is 0 Å². The Morgan fingerprint density at radius 2 is 1.88 bits per heavy atom. The lowest BCUT2D eigenvalue weighted by molar-refractivity contribution is 0.0600. The summed E-state index contributed by atoms with van der Waals surface area (Å²) >= 11 is 1.36. The van der Waals surface area contributed by atoms with Crippen LogP contribution in [0, 0.1) is 0 Å². The van der Waals surface area contributed by atoms with Crippen molar-refractivity contribution in [3.05, 3.63) is 77.5 Å². The number of hydrogen-bond donors (Lipinski definition) is 1. The summed E-state index contributed by atoms with van der Waals surface area (Å²) in [4.78, 5) is 44.7. The zero-order chi connectivity index (χ0) is 22.8. The molecule has 2 amide bonds. The van der Waals surface area contributed by atoms with E-state index in [0.717, 1.165) is 10.6 Å². The molecule has 3 aromatic rings. The van der Waals surface area contributed by atoms with E-state index in [0.29, 0.717) is 27.4 Å². The van der Waals surface area contributed by atoms with Gasteiger partial charge in [-0.3, -0.25) is 9.59 Å². The normalized spacial score (nSPS) is 12.6. The molecular formula is C24H21N3O4S. The van der Waals surface area contributed by atoms with Gasteiger partial charge in [-0.25, -0.2) is 9.78 Å². The Kier molecular flexibility index (Phi) is 5.96. The molecule has 1 aliphatic rings. The van der Waals surface area contributed by atoms with E-state index in [1.165, 1.54) is 18.9 Å². The number of methoxy groups -OCH3 is 1. The predicted molar refractivity (Wildman–Crippen MR) is 122 cm³/mol. The molecule has 0 spiro atoms. The highest BCUT2D eigenvalue weighted by molar-refractivity contribution is 7.99. The first-order valence-corrected chi connectivity index (χ1v) is 10.8. The number of nitrogens with zero attached hydrogens (tertiary/aromatic N) is 2. The van der Waals surface area contributed by atoms with E-state index in [4.69, 9.17) is 4.74 Å². The van der Waals surface area contributed by atoms with Gasteiger partial charge in [-0.15, -0.1) is 0 Å². The van der Waals surface area contributed by atoms with Crippen molar-refractivity contribution in [1.82, 2.24) is 4.98 Å². The lowest BCUT2D eigenvalue weighted by atomic mass is 10.1. The second kappa shape index (κ2) is 8.84. The number of ether oxygens (including phenoxy) is 1. The van der Waals surface area contributed by atoms with Crippen LogP contribution in [-0.4, -0.2) is 35.9 Å². The van der Waals surface area contributed by atoms with Gasteiger partial charge in [0.25, 0.3) is 11.8 Å². The van der Waals surface area contributed by atoms with Gasteiger partial charge in [-0.05, 0) is 62.4 Å². The van der Waals surface area contributed by atoms with Crippen LogP contribution in [0.5, 0.6) is 0 Å². The maximum Gasteiger partial charge on any atom is 0.337 e. The summed E-state index contributed by atoms with van der Waals surface area (Å²) in [6, 6.07) is 15.2. The number of aromatic nitrogens is 1. The molecule has 0 fully saturated rings. The molecule has 2 aromatic carbocycles. The summed E-state index contributed by atoms with van der Waals surface area (Å²) in [6.07, 6.45) is 1.65. The Bertz CT molecular complexity index is 1230. The van der Waals surface area contributed by atoms with E-state index in [1.807, 2.05) is 13.8 Å². The molecule has 1 aliphatic heterocycles. The standard InChI is InChI=1S/C24H21N3O4S/c1-14(2)27-19-10-9-15(13-20(19)32-22-18(23(27)29)8-5-11-25-22)21(28)26-17-7-4-6-16(12-17)24(30)31-3/h4-14H,1-3H3,(H,26,28). The number of pyridine rings is 1. The number of rotatable bonds is 4. The fourth-order valence-corrected chi connectivity index (χ4v) is 4.52. The highest BCUT2D eigenvalue weighted by atomic mass is 32.2. The predicted octanol–water partition coefficient (Wildman–Crippen LogP) is 4.64. The second-order valence-corrected chi connectivity index (χ2v) is 8.47. The first-order valence-electron chi connectivity index (χ1n) is 9.99. The van der Waals surface area contributed by atoms with Gasteiger partial charge in [0.15, 0.2) is 0 Å². The molecule has 8 heteroatoms. The Morgan fingerprint density at radius 1 is 1.06 bits per heavy atom. The Labute approximate surface area is 189 Å². The van der Waals surface area contributed by atoms with Crippen LogP contribution in [0.2, 0.25) is 0 Å². The largest absolute Gasteiger partial charge is 0.465 e. The van der Waals surface area contributed by atoms with E-state index in [2.05, 4.69) is 10.3 Å². The molecule has 0 radical (unpaired) electrons. The van der Waals surface area contributed by atoms with Crippen LogP contribution in [0.3, 0.4) is 0 Å². The number of esters is 1. The number of carbonyl (C=O) groups excluding carboxylic acids is 3. The molecular weight excluding hydrogens is 426 g/mol. The van der Waals surface area contributed by atoms with E-state index >= 15 is 0 Å². The van der Waals surface area contributed by atoms with Crippen LogP contribution in [0.4, 0.5) is 11.4 Å². The van der Waals surface area contributed by atoms with Crippen LogP contribution in [0.15, 0.2) is 70.7 Å². The number of anilines is 2. The minimum atomic E-state index is -0.480. The summed E-state index contributed by atoms with van der Waals surface area (Å²) in [6.45, 7) is 3.89. The van der Waals surface area contributed by atoms with E-state index < -0.39 is 5.97 Å². The maximum atomic E-state index is 13.2. The smallest absolute Gasteiger partial charge is 0.337 e. The summed E-state index contributed by atoms with van der Waals surface area (Å²) in [5.41, 5.74) is 2.52. The average molecular weight is 448 g/mol. The van der Waals surface area contributed by atoms with Crippen LogP contribution in [-0.2, 0) is 4.74 Å². The van der Waals surface area contributed by atoms with Gasteiger partial charge in [-0.1, -0.05) is 17.8 Å². The molecule has 1 aromatic heterocycles. The SMILES string of the molecule is COC(=O)c1cccc(NC(=O)c2ccc3c(c2)Sc2ncccc2C(=O)N3C(C)C)c1. The summed E-state index contributed by atoms with van der Waals surface area (Å²) < 4.78 is 4.73. The molecule has 162 valence electrons. The van der Waals surface area contributed by atoms with Gasteiger partial charge in [0.05, 0.1) is 23.9 Å². The van der Waals surface area contributed by atoms with Gasteiger partial charge in [0.1, 0.15) is 5.03 Å². The van der Waals surface area contributed by atoms with Gasteiger partial charge >= 0.3 is 5.97 Å². The van der Waals surface area contributed by atoms with E-state index in [1.54, 1.807) is 65.7 Å². The number of hydrogen-bond acceptors (Lipinski definition) is 6. The molecule has 4 rings (SSSR count). The third-order valence-corrected chi connectivity index (χ3v) is 6.03. The third-order valence-electron chi connectivity index (χ3n) is 4.97. The molecule has 32 heavy (non-hydrogen) atoms. The molecule has 0 saturated carbocycles. The van der Waals surface area contributed by atoms with Gasteiger partial charge < -0.3 is 15.0 Å². The molecule has 0 bridgehead atoms. The Hall–Kier alpha value is -3.65. The van der Waals surface area contributed by atoms with Gasteiger partial charge in [0, 0.05) is 28.4 Å². The number of fused-ring (bicyclic) bond motifs is 2. The van der Waals surface area contributed by atoms with E-state index in [-0.39, 0.29) is 17.9 Å². The number of carbonyl (C=O) groups is 3. The monoisotopic (exact) mass is 447 g/mol. The highest BCUT2D eigenvalue weighted by Crippen LogP contribution is 2.41. The molecule has 0 aliphatic carbocycles. The Balaban J connectivity index is 1.68. The number of amides is 2. The zero-order valence-electron chi connectivity index (χ0n) is 17.8. The summed E-state index contributed by atoms with van der Waals surface area (Å²) in [5, 5.41) is 3.41. The van der Waals surface area contributed by atoms with Crippen molar-refractivity contribution in [1.29, 1.82) is 0 Å². The molecule has 2 heterocycles. The quantitative estimate of drug-likeness (QED) is 0.586. The third kappa shape index (κ3) is 4.09. The topological polar surface area (TPSA) is 88.6 Å². The van der Waals surface area contributed by atoms with Crippen molar-refractivity contribution in [3.63, 3.8) is 0 Å². The van der Waals surface area contributed by atoms with Crippen molar-refractivity contribution in [2.24, 2.45) is 0 Å². The second-order valence-electron chi connectivity index (χ2n) is 7.44.